The highest BCUT2D eigenvalue weighted by Crippen LogP contribution is 2.38. The normalized spacial score (nSPS) is 21.0. The number of anilines is 2. The number of esters is 1. The van der Waals surface area contributed by atoms with Crippen molar-refractivity contribution in [3.8, 4) is 0 Å². The Kier molecular flexibility index (Phi) is 6.51. The van der Waals surface area contributed by atoms with Gasteiger partial charge in [0.2, 0.25) is 5.91 Å². The van der Waals surface area contributed by atoms with Gasteiger partial charge in [-0.15, -0.1) is 0 Å². The number of ether oxygens (including phenoxy) is 2. The van der Waals surface area contributed by atoms with E-state index in [4.69, 9.17) is 9.47 Å². The van der Waals surface area contributed by atoms with Gasteiger partial charge in [0.05, 0.1) is 25.7 Å². The second kappa shape index (κ2) is 9.05. The van der Waals surface area contributed by atoms with Crippen molar-refractivity contribution >= 4 is 29.2 Å². The highest BCUT2D eigenvalue weighted by Gasteiger charge is 2.40. The van der Waals surface area contributed by atoms with Crippen LogP contribution < -0.4 is 10.2 Å². The molecular weight excluding hydrogens is 362 g/mol. The number of benzene rings is 1. The lowest BCUT2D eigenvalue weighted by Gasteiger charge is -2.28. The summed E-state index contributed by atoms with van der Waals surface area (Å²) in [7, 11) is 1.51. The Hall–Kier alpha value is -2.61. The quantitative estimate of drug-likeness (QED) is 0.703. The number of hydrogen-bond acceptors (Lipinski definition) is 6. The van der Waals surface area contributed by atoms with E-state index in [1.165, 1.54) is 11.9 Å². The number of hydrogen-bond donors (Lipinski definition) is 1. The summed E-state index contributed by atoms with van der Waals surface area (Å²) >= 11 is 0. The summed E-state index contributed by atoms with van der Waals surface area (Å²) in [6, 6.07) is 7.58. The minimum Gasteiger partial charge on any atom is -0.455 e. The molecule has 8 nitrogen and oxygen atoms in total. The molecule has 2 atom stereocenters. The molecule has 1 aromatic carbocycles. The standard InChI is InChI=1S/C20H27N3O5/c1-14-11-17(14)20(26)28-13-19(25)22(2)12-18(24)21-15-3-5-16(6-4-15)23-7-9-27-10-8-23/h3-6,14,17H,7-13H2,1-2H3,(H,21,24)/t14-,17-/m1/s1. The summed E-state index contributed by atoms with van der Waals surface area (Å²) in [5, 5.41) is 2.77. The maximum Gasteiger partial charge on any atom is 0.309 e. The Labute approximate surface area is 164 Å². The van der Waals surface area contributed by atoms with Crippen molar-refractivity contribution in [2.24, 2.45) is 11.8 Å². The van der Waals surface area contributed by atoms with Gasteiger partial charge in [-0.2, -0.15) is 0 Å². The number of carbonyl (C=O) groups excluding carboxylic acids is 3. The van der Waals surface area contributed by atoms with Gasteiger partial charge in [0, 0.05) is 31.5 Å². The first kappa shape index (κ1) is 20.1. The molecule has 2 aliphatic rings. The van der Waals surface area contributed by atoms with Crippen LogP contribution in [0.4, 0.5) is 11.4 Å². The minimum atomic E-state index is -0.403. The fourth-order valence-electron chi connectivity index (χ4n) is 3.08. The molecule has 0 spiro atoms. The smallest absolute Gasteiger partial charge is 0.309 e. The molecule has 2 fully saturated rings. The maximum atomic E-state index is 12.2. The second-order valence-corrected chi connectivity index (χ2v) is 7.37. The summed E-state index contributed by atoms with van der Waals surface area (Å²) in [4.78, 5) is 39.4. The zero-order valence-electron chi connectivity index (χ0n) is 16.3. The van der Waals surface area contributed by atoms with Gasteiger partial charge in [-0.05, 0) is 36.6 Å². The van der Waals surface area contributed by atoms with E-state index in [2.05, 4.69) is 10.2 Å². The van der Waals surface area contributed by atoms with Gasteiger partial charge in [0.1, 0.15) is 0 Å². The Morgan fingerprint density at radius 3 is 2.46 bits per heavy atom. The zero-order valence-corrected chi connectivity index (χ0v) is 16.3. The predicted molar refractivity (Wildman–Crippen MR) is 104 cm³/mol. The monoisotopic (exact) mass is 389 g/mol. The van der Waals surface area contributed by atoms with Crippen LogP contribution in [0.2, 0.25) is 0 Å². The van der Waals surface area contributed by atoms with Crippen molar-refractivity contribution in [2.45, 2.75) is 13.3 Å². The highest BCUT2D eigenvalue weighted by atomic mass is 16.5. The Morgan fingerprint density at radius 1 is 1.21 bits per heavy atom. The van der Waals surface area contributed by atoms with Crippen molar-refractivity contribution < 1.29 is 23.9 Å². The Bertz CT molecular complexity index is 715. The first-order valence-corrected chi connectivity index (χ1v) is 9.57. The number of nitrogens with zero attached hydrogens (tertiary/aromatic N) is 2. The first-order valence-electron chi connectivity index (χ1n) is 9.57. The van der Waals surface area contributed by atoms with Crippen LogP contribution in [0, 0.1) is 11.8 Å². The summed E-state index contributed by atoms with van der Waals surface area (Å²) in [6.45, 7) is 4.66. The molecule has 1 N–H and O–H groups in total. The van der Waals surface area contributed by atoms with Gasteiger partial charge < -0.3 is 24.6 Å². The Morgan fingerprint density at radius 2 is 1.86 bits per heavy atom. The average molecular weight is 389 g/mol. The van der Waals surface area contributed by atoms with E-state index in [-0.39, 0.29) is 30.9 Å². The highest BCUT2D eigenvalue weighted by molar-refractivity contribution is 5.95. The van der Waals surface area contributed by atoms with Crippen molar-refractivity contribution in [1.82, 2.24) is 4.90 Å². The van der Waals surface area contributed by atoms with Crippen LogP contribution in [0.15, 0.2) is 24.3 Å². The van der Waals surface area contributed by atoms with E-state index in [0.29, 0.717) is 24.8 Å². The van der Waals surface area contributed by atoms with Crippen LogP contribution in [0.1, 0.15) is 13.3 Å². The van der Waals surface area contributed by atoms with E-state index in [1.54, 1.807) is 0 Å². The van der Waals surface area contributed by atoms with Gasteiger partial charge in [-0.3, -0.25) is 14.4 Å². The predicted octanol–water partition coefficient (Wildman–Crippen LogP) is 1.12. The molecule has 1 saturated heterocycles. The molecule has 3 rings (SSSR count). The maximum absolute atomic E-state index is 12.2. The van der Waals surface area contributed by atoms with Gasteiger partial charge in [-0.25, -0.2) is 0 Å². The molecule has 2 amide bonds. The van der Waals surface area contributed by atoms with E-state index >= 15 is 0 Å². The topological polar surface area (TPSA) is 88.2 Å². The molecule has 152 valence electrons. The Balaban J connectivity index is 1.41. The molecule has 1 heterocycles. The number of morpholine rings is 1. The van der Waals surface area contributed by atoms with Crippen LogP contribution in [-0.4, -0.2) is 69.2 Å². The molecule has 1 aliphatic carbocycles. The fourth-order valence-corrected chi connectivity index (χ4v) is 3.08. The lowest BCUT2D eigenvalue weighted by atomic mass is 10.2. The number of rotatable bonds is 7. The zero-order chi connectivity index (χ0) is 20.1. The molecule has 28 heavy (non-hydrogen) atoms. The van der Waals surface area contributed by atoms with E-state index in [0.717, 1.165) is 25.2 Å². The van der Waals surface area contributed by atoms with Crippen LogP contribution >= 0.6 is 0 Å². The molecule has 8 heteroatoms. The number of likely N-dealkylation sites (N-methyl/N-ethyl adjacent to an activating group) is 1. The summed E-state index contributed by atoms with van der Waals surface area (Å²) in [5.41, 5.74) is 1.75. The van der Waals surface area contributed by atoms with Crippen LogP contribution in [0.3, 0.4) is 0 Å². The van der Waals surface area contributed by atoms with Crippen molar-refractivity contribution in [2.75, 3.05) is 56.7 Å². The lowest BCUT2D eigenvalue weighted by molar-refractivity contribution is -0.153. The summed E-state index contributed by atoms with van der Waals surface area (Å²) < 4.78 is 10.4. The van der Waals surface area contributed by atoms with Gasteiger partial charge in [0.15, 0.2) is 6.61 Å². The summed E-state index contributed by atoms with van der Waals surface area (Å²) in [6.07, 6.45) is 0.815. The van der Waals surface area contributed by atoms with E-state index < -0.39 is 5.91 Å². The van der Waals surface area contributed by atoms with Crippen LogP contribution in [0.5, 0.6) is 0 Å². The third-order valence-corrected chi connectivity index (χ3v) is 5.08. The number of amides is 2. The minimum absolute atomic E-state index is 0.0816. The average Bonchev–Trinajstić information content (AvgIpc) is 3.43. The van der Waals surface area contributed by atoms with Crippen LogP contribution in [-0.2, 0) is 23.9 Å². The van der Waals surface area contributed by atoms with E-state index in [9.17, 15) is 14.4 Å². The molecule has 1 aliphatic heterocycles. The third-order valence-electron chi connectivity index (χ3n) is 5.08. The second-order valence-electron chi connectivity index (χ2n) is 7.37. The molecule has 1 saturated carbocycles. The molecule has 0 bridgehead atoms. The number of nitrogens with one attached hydrogen (secondary N) is 1. The largest absolute Gasteiger partial charge is 0.455 e. The number of carbonyl (C=O) groups is 3. The third kappa shape index (κ3) is 5.45. The van der Waals surface area contributed by atoms with Crippen LogP contribution in [0.25, 0.3) is 0 Å². The van der Waals surface area contributed by atoms with E-state index in [1.807, 2.05) is 31.2 Å². The van der Waals surface area contributed by atoms with Gasteiger partial charge >= 0.3 is 5.97 Å². The molecular formula is C20H27N3O5. The van der Waals surface area contributed by atoms with Crippen molar-refractivity contribution in [3.05, 3.63) is 24.3 Å². The van der Waals surface area contributed by atoms with Crippen molar-refractivity contribution in [3.63, 3.8) is 0 Å². The first-order chi connectivity index (χ1) is 13.4. The molecule has 0 radical (unpaired) electrons. The lowest BCUT2D eigenvalue weighted by Crippen LogP contribution is -2.37. The molecule has 0 aromatic heterocycles. The molecule has 1 aromatic rings. The molecule has 0 unspecified atom stereocenters. The SMILES string of the molecule is C[C@@H]1C[C@H]1C(=O)OCC(=O)N(C)CC(=O)Nc1ccc(N2CCOCC2)cc1. The van der Waals surface area contributed by atoms with Gasteiger partial charge in [0.25, 0.3) is 5.91 Å². The summed E-state index contributed by atoms with van der Waals surface area (Å²) in [5.74, 6) is -0.793. The van der Waals surface area contributed by atoms with Crippen molar-refractivity contribution in [1.29, 1.82) is 0 Å². The van der Waals surface area contributed by atoms with Gasteiger partial charge in [-0.1, -0.05) is 6.92 Å². The fraction of sp³-hybridized carbons (Fsp3) is 0.550.